The Morgan fingerprint density at radius 2 is 1.88 bits per heavy atom. The molecule has 0 aliphatic heterocycles. The number of nitro groups is 1. The molecule has 4 aromatic rings. The summed E-state index contributed by atoms with van der Waals surface area (Å²) in [6.07, 6.45) is 0. The summed E-state index contributed by atoms with van der Waals surface area (Å²) in [5.41, 5.74) is 2.12. The first-order valence-corrected chi connectivity index (χ1v) is 7.21. The number of nitrogens with one attached hydrogen (secondary N) is 2. The minimum atomic E-state index is -0.782. The summed E-state index contributed by atoms with van der Waals surface area (Å²) in [7, 11) is 0. The highest BCUT2D eigenvalue weighted by Crippen LogP contribution is 2.19. The highest BCUT2D eigenvalue weighted by atomic mass is 16.6. The van der Waals surface area contributed by atoms with E-state index in [9.17, 15) is 19.7 Å². The average molecular weight is 335 g/mol. The van der Waals surface area contributed by atoms with Crippen LogP contribution in [0.3, 0.4) is 0 Å². The molecular weight excluding hydrogens is 326 g/mol. The number of hydrogen-bond acceptors (Lipinski definition) is 7. The molecule has 3 aromatic carbocycles. The van der Waals surface area contributed by atoms with Crippen molar-refractivity contribution in [2.75, 3.05) is 5.43 Å². The molecule has 25 heavy (non-hydrogen) atoms. The van der Waals surface area contributed by atoms with Crippen LogP contribution >= 0.6 is 0 Å². The van der Waals surface area contributed by atoms with Gasteiger partial charge in [-0.25, -0.2) is 10.4 Å². The van der Waals surface area contributed by atoms with Gasteiger partial charge >= 0.3 is 0 Å². The maximum atomic E-state index is 12.4. The molecule has 0 spiro atoms. The van der Waals surface area contributed by atoms with Gasteiger partial charge in [0, 0.05) is 11.5 Å². The zero-order valence-corrected chi connectivity index (χ0v) is 12.5. The molecule has 0 saturated heterocycles. The minimum Gasteiger partial charge on any atom is -0.323 e. The lowest BCUT2D eigenvalue weighted by molar-refractivity contribution is -0.383. The molecule has 0 saturated carbocycles. The van der Waals surface area contributed by atoms with Crippen molar-refractivity contribution < 1.29 is 4.92 Å². The van der Waals surface area contributed by atoms with E-state index in [1.807, 2.05) is 18.2 Å². The molecule has 0 aliphatic rings. The van der Waals surface area contributed by atoms with Crippen molar-refractivity contribution in [3.63, 3.8) is 0 Å². The molecule has 0 atom stereocenters. The fourth-order valence-electron chi connectivity index (χ4n) is 2.69. The number of imidazole rings is 1. The van der Waals surface area contributed by atoms with Gasteiger partial charge in [0.05, 0.1) is 16.0 Å². The first kappa shape index (κ1) is 14.7. The lowest BCUT2D eigenvalue weighted by atomic mass is 10.2. The monoisotopic (exact) mass is 335 g/mol. The van der Waals surface area contributed by atoms with Crippen molar-refractivity contribution >= 4 is 33.4 Å². The van der Waals surface area contributed by atoms with E-state index in [0.29, 0.717) is 5.52 Å². The number of benzene rings is 2. The van der Waals surface area contributed by atoms with Crippen LogP contribution < -0.4 is 21.6 Å². The third kappa shape index (κ3) is 2.26. The van der Waals surface area contributed by atoms with Gasteiger partial charge in [-0.3, -0.25) is 19.7 Å². The molecule has 0 unspecified atom stereocenters. The number of aromatic amines is 1. The Labute approximate surface area is 138 Å². The summed E-state index contributed by atoms with van der Waals surface area (Å²) >= 11 is 0. The van der Waals surface area contributed by atoms with Gasteiger partial charge in [0.15, 0.2) is 5.36 Å². The van der Waals surface area contributed by atoms with Crippen molar-refractivity contribution in [3.05, 3.63) is 78.4 Å². The fourth-order valence-corrected chi connectivity index (χ4v) is 2.69. The zero-order valence-electron chi connectivity index (χ0n) is 12.5. The first-order chi connectivity index (χ1) is 12.1. The van der Waals surface area contributed by atoms with E-state index >= 15 is 0 Å². The Hall–Kier alpha value is -3.88. The molecule has 1 aromatic heterocycles. The number of nitrogens with zero attached hydrogens (tertiary/aromatic N) is 3. The van der Waals surface area contributed by atoms with Crippen LogP contribution in [0.2, 0.25) is 0 Å². The third-order valence-corrected chi connectivity index (χ3v) is 3.80. The molecule has 0 bridgehead atoms. The maximum absolute atomic E-state index is 12.4. The Morgan fingerprint density at radius 1 is 1.08 bits per heavy atom. The molecule has 0 radical (unpaired) electrons. The van der Waals surface area contributed by atoms with E-state index in [2.05, 4.69) is 20.5 Å². The van der Waals surface area contributed by atoms with Crippen molar-refractivity contribution in [2.24, 2.45) is 5.10 Å². The van der Waals surface area contributed by atoms with Gasteiger partial charge in [-0.15, -0.1) is 0 Å². The zero-order chi connectivity index (χ0) is 17.6. The molecule has 4 rings (SSSR count). The number of hydrogen-bond donors (Lipinski definition) is 2. The predicted octanol–water partition coefficient (Wildman–Crippen LogP) is 1.15. The summed E-state index contributed by atoms with van der Waals surface area (Å²) in [6, 6.07) is 11.2. The van der Waals surface area contributed by atoms with Crippen LogP contribution in [-0.4, -0.2) is 14.9 Å². The number of aromatic nitrogens is 2. The first-order valence-electron chi connectivity index (χ1n) is 7.21. The Kier molecular flexibility index (Phi) is 3.14. The second kappa shape index (κ2) is 5.34. The van der Waals surface area contributed by atoms with E-state index in [1.54, 1.807) is 6.07 Å². The minimum absolute atomic E-state index is 0.0237. The summed E-state index contributed by atoms with van der Waals surface area (Å²) in [5, 5.41) is 14.2. The van der Waals surface area contributed by atoms with E-state index in [4.69, 9.17) is 0 Å². The second-order valence-electron chi connectivity index (χ2n) is 5.29. The second-order valence-corrected chi connectivity index (χ2v) is 5.29. The number of rotatable bonds is 3. The lowest BCUT2D eigenvalue weighted by Gasteiger charge is -1.90. The van der Waals surface area contributed by atoms with Gasteiger partial charge < -0.3 is 4.98 Å². The highest BCUT2D eigenvalue weighted by Gasteiger charge is 2.20. The standard InChI is InChI=1S/C16H9N5O4/c22-14-8-4-3-7-11(21(24)25)12(8)15(23)13(14)19-20-16-17-9-5-1-2-6-10(9)18-16/h1-7H,(H2,17,18,20). The topological polar surface area (TPSA) is 130 Å². The normalized spacial score (nSPS) is 12.1. The largest absolute Gasteiger partial charge is 0.323 e. The van der Waals surface area contributed by atoms with Crippen molar-refractivity contribution in [1.82, 2.24) is 9.97 Å². The van der Waals surface area contributed by atoms with Gasteiger partial charge in [-0.1, -0.05) is 18.2 Å². The predicted molar refractivity (Wildman–Crippen MR) is 90.8 cm³/mol. The quantitative estimate of drug-likeness (QED) is 0.426. The molecule has 122 valence electrons. The van der Waals surface area contributed by atoms with Crippen molar-refractivity contribution in [3.8, 4) is 0 Å². The van der Waals surface area contributed by atoms with Crippen molar-refractivity contribution in [2.45, 2.75) is 0 Å². The number of nitro benzene ring substituents is 1. The Balaban J connectivity index is 1.87. The lowest BCUT2D eigenvalue weighted by Crippen LogP contribution is -2.32. The summed E-state index contributed by atoms with van der Waals surface area (Å²) in [6.45, 7) is 0. The van der Waals surface area contributed by atoms with Crippen LogP contribution in [0.1, 0.15) is 0 Å². The molecule has 2 N–H and O–H groups in total. The summed E-state index contributed by atoms with van der Waals surface area (Å²) in [5.74, 6) is 0.250. The van der Waals surface area contributed by atoms with Gasteiger partial charge in [-0.05, 0) is 18.2 Å². The molecule has 1 heterocycles. The smallest absolute Gasteiger partial charge is 0.281 e. The van der Waals surface area contributed by atoms with E-state index in [1.165, 1.54) is 18.2 Å². The van der Waals surface area contributed by atoms with Crippen LogP contribution in [0.4, 0.5) is 11.6 Å². The molecule has 9 heteroatoms. The van der Waals surface area contributed by atoms with Gasteiger partial charge in [-0.2, -0.15) is 5.10 Å². The van der Waals surface area contributed by atoms with Gasteiger partial charge in [0.1, 0.15) is 5.39 Å². The Bertz CT molecular complexity index is 1260. The number of non-ortho nitro benzene ring substituents is 1. The molecule has 9 nitrogen and oxygen atoms in total. The summed E-state index contributed by atoms with van der Waals surface area (Å²) < 4.78 is 0. The molecule has 0 amide bonds. The highest BCUT2D eigenvalue weighted by molar-refractivity contribution is 5.91. The third-order valence-electron chi connectivity index (χ3n) is 3.80. The van der Waals surface area contributed by atoms with Gasteiger partial charge in [0.25, 0.3) is 5.69 Å². The molecule has 0 fully saturated rings. The van der Waals surface area contributed by atoms with E-state index in [0.717, 1.165) is 5.52 Å². The maximum Gasteiger partial charge on any atom is 0.281 e. The average Bonchev–Trinajstić information content (AvgIpc) is 3.13. The van der Waals surface area contributed by atoms with Crippen LogP contribution in [0.5, 0.6) is 0 Å². The Morgan fingerprint density at radius 3 is 2.64 bits per heavy atom. The number of anilines is 1. The molecule has 0 aliphatic carbocycles. The van der Waals surface area contributed by atoms with Gasteiger partial charge in [0.2, 0.25) is 16.8 Å². The number of H-pyrrole nitrogens is 1. The summed E-state index contributed by atoms with van der Waals surface area (Å²) in [4.78, 5) is 42.3. The fraction of sp³-hybridized carbons (Fsp3) is 0. The van der Waals surface area contributed by atoms with Crippen LogP contribution in [0, 0.1) is 10.1 Å². The number of fused-ring (bicyclic) bond motifs is 2. The van der Waals surface area contributed by atoms with Crippen LogP contribution in [-0.2, 0) is 0 Å². The number of para-hydroxylation sites is 2. The van der Waals surface area contributed by atoms with E-state index in [-0.39, 0.29) is 16.7 Å². The van der Waals surface area contributed by atoms with E-state index < -0.39 is 26.8 Å². The SMILES string of the molecule is O=c1c(=NNc2nc3ccccc3[nH]2)c(=O)c2c([N+](=O)[O-])cccc12. The molecular formula is C16H9N5O4. The van der Waals surface area contributed by atoms with Crippen molar-refractivity contribution in [1.29, 1.82) is 0 Å². The van der Waals surface area contributed by atoms with Crippen LogP contribution in [0.15, 0.2) is 57.2 Å². The van der Waals surface area contributed by atoms with Crippen LogP contribution in [0.25, 0.3) is 21.8 Å².